The number of aromatic carboxylic acids is 1. The van der Waals surface area contributed by atoms with Crippen molar-refractivity contribution in [2.75, 3.05) is 0 Å². The van der Waals surface area contributed by atoms with Gasteiger partial charge in [0, 0.05) is 12.6 Å². The van der Waals surface area contributed by atoms with Crippen LogP contribution in [0.15, 0.2) is 12.1 Å². The maximum atomic E-state index is 14.2. The monoisotopic (exact) mass is 354 g/mol. The summed E-state index contributed by atoms with van der Waals surface area (Å²) in [5.74, 6) is -3.35. The number of benzene rings is 1. The second kappa shape index (κ2) is 6.05. The third-order valence-corrected chi connectivity index (χ3v) is 3.31. The molecule has 0 aliphatic heterocycles. The molecule has 1 aromatic heterocycles. The number of hydrogen-bond acceptors (Lipinski definition) is 3. The number of ether oxygens (including phenoxy) is 1. The van der Waals surface area contributed by atoms with Gasteiger partial charge in [-0.15, -0.1) is 0 Å². The normalized spacial score (nSPS) is 11.0. The van der Waals surface area contributed by atoms with Gasteiger partial charge in [0.2, 0.25) is 5.82 Å². The molecule has 5 nitrogen and oxygen atoms in total. The molecule has 0 saturated carbocycles. The van der Waals surface area contributed by atoms with Crippen molar-refractivity contribution in [1.29, 1.82) is 0 Å². The van der Waals surface area contributed by atoms with E-state index in [0.29, 0.717) is 0 Å². The van der Waals surface area contributed by atoms with Gasteiger partial charge in [0.05, 0.1) is 15.6 Å². The Morgan fingerprint density at radius 1 is 1.36 bits per heavy atom. The highest BCUT2D eigenvalue weighted by molar-refractivity contribution is 6.38. The molecule has 10 heteroatoms. The van der Waals surface area contributed by atoms with Crippen LogP contribution >= 0.6 is 23.2 Å². The zero-order valence-electron chi connectivity index (χ0n) is 10.8. The Balaban J connectivity index is 2.62. The van der Waals surface area contributed by atoms with Crippen LogP contribution in [0.1, 0.15) is 10.4 Å². The number of aromatic nitrogens is 2. The molecule has 0 atom stereocenters. The fourth-order valence-electron chi connectivity index (χ4n) is 1.76. The number of nitrogens with zero attached hydrogens (tertiary/aromatic N) is 2. The van der Waals surface area contributed by atoms with Crippen molar-refractivity contribution in [3.63, 3.8) is 0 Å². The number of halogens is 5. The fourth-order valence-corrected chi connectivity index (χ4v) is 2.32. The van der Waals surface area contributed by atoms with Gasteiger partial charge in [-0.1, -0.05) is 23.2 Å². The number of aryl methyl sites for hydroxylation is 1. The molecular formula is C12H7Cl2F3N2O3. The summed E-state index contributed by atoms with van der Waals surface area (Å²) in [6, 6.07) is 2.11. The molecular weight excluding hydrogens is 348 g/mol. The van der Waals surface area contributed by atoms with Crippen molar-refractivity contribution < 1.29 is 27.8 Å². The van der Waals surface area contributed by atoms with Crippen LogP contribution in [-0.2, 0) is 7.05 Å². The summed E-state index contributed by atoms with van der Waals surface area (Å²) in [7, 11) is 1.19. The zero-order chi connectivity index (χ0) is 16.6. The second-order valence-corrected chi connectivity index (χ2v) is 4.90. The molecule has 0 saturated heterocycles. The van der Waals surface area contributed by atoms with E-state index in [1.54, 1.807) is 0 Å². The minimum Gasteiger partial charge on any atom is -0.478 e. The Hall–Kier alpha value is -1.93. The Kier molecular flexibility index (Phi) is 4.52. The van der Waals surface area contributed by atoms with Crippen LogP contribution in [0.5, 0.6) is 5.88 Å². The average molecular weight is 355 g/mol. The number of hydrogen-bond donors (Lipinski definition) is 1. The fraction of sp³-hybridized carbons (Fsp3) is 0.167. The number of carbonyl (C=O) groups is 1. The van der Waals surface area contributed by atoms with Crippen molar-refractivity contribution in [1.82, 2.24) is 9.78 Å². The van der Waals surface area contributed by atoms with Crippen LogP contribution in [0.2, 0.25) is 10.0 Å². The van der Waals surface area contributed by atoms with Gasteiger partial charge >= 0.3 is 12.6 Å². The second-order valence-electron chi connectivity index (χ2n) is 4.09. The minimum atomic E-state index is -3.24. The van der Waals surface area contributed by atoms with Crippen LogP contribution in [-0.4, -0.2) is 27.5 Å². The molecule has 0 bridgehead atoms. The molecule has 1 aromatic carbocycles. The van der Waals surface area contributed by atoms with Gasteiger partial charge < -0.3 is 9.84 Å². The molecule has 1 N–H and O–H groups in total. The minimum absolute atomic E-state index is 0.0874. The Morgan fingerprint density at radius 2 is 2.00 bits per heavy atom. The predicted octanol–water partition coefficient (Wildman–Crippen LogP) is 3.83. The van der Waals surface area contributed by atoms with Crippen molar-refractivity contribution in [3.05, 3.63) is 33.6 Å². The maximum Gasteiger partial charge on any atom is 0.388 e. The lowest BCUT2D eigenvalue weighted by Gasteiger charge is -2.05. The van der Waals surface area contributed by atoms with Gasteiger partial charge in [0.1, 0.15) is 5.69 Å². The van der Waals surface area contributed by atoms with Crippen molar-refractivity contribution >= 4 is 29.2 Å². The molecule has 0 fully saturated rings. The van der Waals surface area contributed by atoms with Gasteiger partial charge in [-0.25, -0.2) is 9.48 Å². The first kappa shape index (κ1) is 16.4. The molecule has 0 amide bonds. The molecule has 0 radical (unpaired) electrons. The maximum absolute atomic E-state index is 14.2. The summed E-state index contributed by atoms with van der Waals surface area (Å²) in [5.41, 5.74) is -0.870. The van der Waals surface area contributed by atoms with Gasteiger partial charge in [-0.05, 0) is 12.1 Å². The lowest BCUT2D eigenvalue weighted by Crippen LogP contribution is -2.07. The van der Waals surface area contributed by atoms with E-state index in [1.807, 2.05) is 0 Å². The highest BCUT2D eigenvalue weighted by Crippen LogP contribution is 2.36. The highest BCUT2D eigenvalue weighted by atomic mass is 35.5. The van der Waals surface area contributed by atoms with E-state index in [2.05, 4.69) is 9.84 Å². The zero-order valence-corrected chi connectivity index (χ0v) is 12.3. The molecule has 0 aliphatic rings. The van der Waals surface area contributed by atoms with Crippen molar-refractivity contribution in [3.8, 4) is 17.1 Å². The van der Waals surface area contributed by atoms with E-state index in [0.717, 1.165) is 16.8 Å². The summed E-state index contributed by atoms with van der Waals surface area (Å²) in [6.07, 6.45) is 0. The van der Waals surface area contributed by atoms with E-state index in [9.17, 15) is 18.0 Å². The quantitative estimate of drug-likeness (QED) is 0.905. The largest absolute Gasteiger partial charge is 0.478 e. The molecule has 118 valence electrons. The van der Waals surface area contributed by atoms with Crippen molar-refractivity contribution in [2.24, 2.45) is 7.05 Å². The Bertz CT molecular complexity index is 750. The Labute approximate surface area is 131 Å². The van der Waals surface area contributed by atoms with E-state index in [-0.39, 0.29) is 21.2 Å². The number of carboxylic acid groups (broad SMARTS) is 1. The predicted molar refractivity (Wildman–Crippen MR) is 72.2 cm³/mol. The van der Waals surface area contributed by atoms with Gasteiger partial charge in [0.15, 0.2) is 0 Å². The van der Waals surface area contributed by atoms with Gasteiger partial charge in [-0.3, -0.25) is 0 Å². The summed E-state index contributed by atoms with van der Waals surface area (Å²) in [5, 5.41) is 12.5. The Morgan fingerprint density at radius 3 is 2.55 bits per heavy atom. The molecule has 0 aliphatic carbocycles. The highest BCUT2D eigenvalue weighted by Gasteiger charge is 2.25. The molecule has 22 heavy (non-hydrogen) atoms. The smallest absolute Gasteiger partial charge is 0.388 e. The number of carboxylic acids is 1. The van der Waals surface area contributed by atoms with Gasteiger partial charge in [0.25, 0.3) is 5.88 Å². The lowest BCUT2D eigenvalue weighted by molar-refractivity contribution is -0.0576. The number of alkyl halides is 2. The SMILES string of the molecule is Cn1nc(-c2cc(C(=O)O)c(Cl)cc2Cl)c(F)c1OC(F)F. The molecule has 0 unspecified atom stereocenters. The topological polar surface area (TPSA) is 64.4 Å². The van der Waals surface area contributed by atoms with Crippen molar-refractivity contribution in [2.45, 2.75) is 6.61 Å². The number of rotatable bonds is 4. The third-order valence-electron chi connectivity index (χ3n) is 2.68. The first-order chi connectivity index (χ1) is 10.2. The molecule has 2 aromatic rings. The van der Waals surface area contributed by atoms with Crippen LogP contribution in [0.4, 0.5) is 13.2 Å². The van der Waals surface area contributed by atoms with E-state index in [4.69, 9.17) is 28.3 Å². The van der Waals surface area contributed by atoms with E-state index >= 15 is 0 Å². The summed E-state index contributed by atoms with van der Waals surface area (Å²) < 4.78 is 43.4. The molecule has 2 rings (SSSR count). The van der Waals surface area contributed by atoms with Crippen LogP contribution in [0.3, 0.4) is 0 Å². The summed E-state index contributed by atoms with van der Waals surface area (Å²) >= 11 is 11.6. The average Bonchev–Trinajstić information content (AvgIpc) is 2.66. The van der Waals surface area contributed by atoms with Crippen LogP contribution in [0, 0.1) is 5.82 Å². The van der Waals surface area contributed by atoms with E-state index < -0.39 is 30.0 Å². The van der Waals surface area contributed by atoms with E-state index in [1.165, 1.54) is 7.05 Å². The first-order valence-corrected chi connectivity index (χ1v) is 6.38. The standard InChI is InChI=1S/C12H7Cl2F3N2O3/c1-19-10(22-12(16)17)8(15)9(18-19)4-2-5(11(20)21)7(14)3-6(4)13/h2-3,12H,1H3,(H,20,21). The van der Waals surface area contributed by atoms with Crippen LogP contribution in [0.25, 0.3) is 11.3 Å². The molecule has 1 heterocycles. The summed E-state index contributed by atoms with van der Waals surface area (Å²) in [6.45, 7) is -3.24. The summed E-state index contributed by atoms with van der Waals surface area (Å²) in [4.78, 5) is 11.0. The first-order valence-electron chi connectivity index (χ1n) is 5.62. The third kappa shape index (κ3) is 2.97. The molecule has 0 spiro atoms. The van der Waals surface area contributed by atoms with Crippen LogP contribution < -0.4 is 4.74 Å². The van der Waals surface area contributed by atoms with Gasteiger partial charge in [-0.2, -0.15) is 18.3 Å². The lowest BCUT2D eigenvalue weighted by atomic mass is 10.1.